The van der Waals surface area contributed by atoms with Crippen molar-refractivity contribution in [2.24, 2.45) is 4.99 Å². The molecule has 2 aromatic carbocycles. The van der Waals surface area contributed by atoms with E-state index < -0.39 is 51.1 Å². The fourth-order valence-corrected chi connectivity index (χ4v) is 8.56. The first kappa shape index (κ1) is 30.2. The van der Waals surface area contributed by atoms with Crippen molar-refractivity contribution in [3.05, 3.63) is 72.0 Å². The molecule has 0 unspecified atom stereocenters. The number of carbonyl (C=O) groups excluding carboxylic acids is 3. The van der Waals surface area contributed by atoms with Gasteiger partial charge in [-0.15, -0.1) is 6.58 Å². The highest BCUT2D eigenvalue weighted by Gasteiger charge is 2.68. The van der Waals surface area contributed by atoms with Crippen LogP contribution >= 0.6 is 0 Å². The van der Waals surface area contributed by atoms with Crippen molar-refractivity contribution in [2.45, 2.75) is 28.8 Å². The molecule has 0 N–H and O–H groups in total. The first-order chi connectivity index (χ1) is 21.6. The summed E-state index contributed by atoms with van der Waals surface area (Å²) < 4.78 is 51.5. The normalized spacial score (nSPS) is 23.2. The summed E-state index contributed by atoms with van der Waals surface area (Å²) >= 11 is 0. The SMILES string of the molecule is C=CCN1c2ccccc2[C@]23C[C@@H](C(=O)OC)N(S(=O)(=O)c4ccc5c(c4)OCCN5C)C2=NC(C(=O)OC)=C(C(=O)OC)[C@H]13. The number of carbonyl (C=O) groups is 3. The predicted octanol–water partition coefficient (Wildman–Crippen LogP) is 1.78. The average molecular weight is 637 g/mol. The van der Waals surface area contributed by atoms with Gasteiger partial charge in [0.2, 0.25) is 0 Å². The number of para-hydroxylation sites is 1. The number of rotatable bonds is 7. The summed E-state index contributed by atoms with van der Waals surface area (Å²) in [7, 11) is 0.773. The van der Waals surface area contributed by atoms with Gasteiger partial charge in [-0.2, -0.15) is 0 Å². The zero-order valence-corrected chi connectivity index (χ0v) is 26.0. The standard InChI is InChI=1S/C31H32N4O9S/c1-6-13-34-20-10-8-7-9-19(20)31-17-22(27(36)41-3)35(30(31)32-25(29(38)43-5)24(26(31)34)28(37)42-4)45(39,40)18-11-12-21-23(16-18)44-15-14-33(21)2/h6-12,16,22,26H,1,13-15,17H2,2-5H3/t22-,26-,31-/m0/s1. The Balaban J connectivity index is 1.67. The van der Waals surface area contributed by atoms with E-state index in [0.717, 1.165) is 11.4 Å². The van der Waals surface area contributed by atoms with Crippen molar-refractivity contribution < 1.29 is 41.7 Å². The third-order valence-corrected chi connectivity index (χ3v) is 10.6. The predicted molar refractivity (Wildman–Crippen MR) is 163 cm³/mol. The van der Waals surface area contributed by atoms with E-state index >= 15 is 0 Å². The number of nitrogens with zero attached hydrogens (tertiary/aromatic N) is 4. The van der Waals surface area contributed by atoms with Gasteiger partial charge in [0.1, 0.15) is 24.2 Å². The number of ether oxygens (including phenoxy) is 4. The number of fused-ring (bicyclic) bond motifs is 2. The Morgan fingerprint density at radius 2 is 1.80 bits per heavy atom. The van der Waals surface area contributed by atoms with Crippen LogP contribution in [0, 0.1) is 0 Å². The molecule has 1 fully saturated rings. The number of aliphatic imine (C=N–C) groups is 1. The molecule has 0 aliphatic carbocycles. The van der Waals surface area contributed by atoms with E-state index in [9.17, 15) is 22.8 Å². The molecule has 0 bridgehead atoms. The molecule has 13 nitrogen and oxygen atoms in total. The van der Waals surface area contributed by atoms with E-state index in [0.29, 0.717) is 35.8 Å². The molecule has 236 valence electrons. The van der Waals surface area contributed by atoms with E-state index in [1.54, 1.807) is 30.3 Å². The molecule has 4 aliphatic heterocycles. The molecule has 4 aliphatic rings. The molecule has 45 heavy (non-hydrogen) atoms. The number of hydrogen-bond acceptors (Lipinski definition) is 12. The summed E-state index contributed by atoms with van der Waals surface area (Å²) in [4.78, 5) is 48.5. The maximum Gasteiger partial charge on any atom is 0.357 e. The van der Waals surface area contributed by atoms with Crippen LogP contribution in [0.2, 0.25) is 0 Å². The summed E-state index contributed by atoms with van der Waals surface area (Å²) in [6.07, 6.45) is 1.48. The van der Waals surface area contributed by atoms with Gasteiger partial charge in [0.15, 0.2) is 5.70 Å². The van der Waals surface area contributed by atoms with Crippen LogP contribution in [0.15, 0.2) is 76.3 Å². The van der Waals surface area contributed by atoms with E-state index in [-0.39, 0.29) is 29.3 Å². The summed E-state index contributed by atoms with van der Waals surface area (Å²) in [5, 5.41) is 0. The summed E-state index contributed by atoms with van der Waals surface area (Å²) in [6.45, 7) is 5.07. The number of likely N-dealkylation sites (N-methyl/N-ethyl adjacent to an activating group) is 1. The molecule has 0 radical (unpaired) electrons. The molecule has 0 aromatic heterocycles. The van der Waals surface area contributed by atoms with Gasteiger partial charge < -0.3 is 28.7 Å². The lowest BCUT2D eigenvalue weighted by Gasteiger charge is -2.40. The zero-order valence-electron chi connectivity index (χ0n) is 25.2. The molecule has 6 rings (SSSR count). The monoisotopic (exact) mass is 636 g/mol. The van der Waals surface area contributed by atoms with Crippen LogP contribution in [-0.2, 0) is 44.0 Å². The Kier molecular flexibility index (Phi) is 7.34. The Labute approximate surface area is 260 Å². The van der Waals surface area contributed by atoms with Crippen molar-refractivity contribution in [2.75, 3.05) is 57.9 Å². The average Bonchev–Trinajstić information content (AvgIpc) is 3.55. The molecular weight excluding hydrogens is 604 g/mol. The highest BCUT2D eigenvalue weighted by Crippen LogP contribution is 2.58. The first-order valence-electron chi connectivity index (χ1n) is 14.1. The number of esters is 3. The van der Waals surface area contributed by atoms with Crippen molar-refractivity contribution in [1.29, 1.82) is 0 Å². The third-order valence-electron chi connectivity index (χ3n) is 8.79. The van der Waals surface area contributed by atoms with E-state index in [1.807, 2.05) is 22.9 Å². The van der Waals surface area contributed by atoms with Gasteiger partial charge in [0, 0.05) is 25.3 Å². The van der Waals surface area contributed by atoms with Crippen molar-refractivity contribution in [1.82, 2.24) is 4.31 Å². The second kappa shape index (κ2) is 10.9. The zero-order chi connectivity index (χ0) is 32.3. The van der Waals surface area contributed by atoms with E-state index in [2.05, 4.69) is 11.6 Å². The molecule has 1 saturated heterocycles. The van der Waals surface area contributed by atoms with Crippen molar-refractivity contribution >= 4 is 45.1 Å². The summed E-state index contributed by atoms with van der Waals surface area (Å²) in [6, 6.07) is 9.24. The van der Waals surface area contributed by atoms with Gasteiger partial charge in [0.05, 0.1) is 55.5 Å². The van der Waals surface area contributed by atoms with Crippen LogP contribution in [0.1, 0.15) is 12.0 Å². The smallest absolute Gasteiger partial charge is 0.357 e. The second-order valence-corrected chi connectivity index (χ2v) is 12.8. The quantitative estimate of drug-likeness (QED) is 0.249. The van der Waals surface area contributed by atoms with Crippen LogP contribution in [0.5, 0.6) is 5.75 Å². The molecule has 3 atom stereocenters. The first-order valence-corrected chi connectivity index (χ1v) is 15.6. The lowest BCUT2D eigenvalue weighted by molar-refractivity contribution is -0.144. The molecule has 0 saturated carbocycles. The Morgan fingerprint density at radius 1 is 1.07 bits per heavy atom. The van der Waals surface area contributed by atoms with E-state index in [1.165, 1.54) is 26.4 Å². The molecule has 4 heterocycles. The number of benzene rings is 2. The maximum atomic E-state index is 14.7. The van der Waals surface area contributed by atoms with Gasteiger partial charge in [-0.1, -0.05) is 24.3 Å². The molecule has 2 aromatic rings. The van der Waals surface area contributed by atoms with Crippen LogP contribution in [0.3, 0.4) is 0 Å². The second-order valence-electron chi connectivity index (χ2n) is 11.0. The summed E-state index contributed by atoms with van der Waals surface area (Å²) in [5.74, 6) is -2.42. The van der Waals surface area contributed by atoms with Crippen molar-refractivity contribution in [3.8, 4) is 5.75 Å². The van der Waals surface area contributed by atoms with Gasteiger partial charge in [-0.05, 0) is 30.2 Å². The minimum atomic E-state index is -4.57. The number of anilines is 2. The third kappa shape index (κ3) is 4.22. The minimum absolute atomic E-state index is 0.120. The van der Waals surface area contributed by atoms with Gasteiger partial charge in [0.25, 0.3) is 10.0 Å². The number of methoxy groups -OCH3 is 3. The largest absolute Gasteiger partial charge is 0.490 e. The van der Waals surface area contributed by atoms with Crippen LogP contribution < -0.4 is 14.5 Å². The number of sulfonamides is 1. The Morgan fingerprint density at radius 3 is 2.49 bits per heavy atom. The van der Waals surface area contributed by atoms with Gasteiger partial charge >= 0.3 is 17.9 Å². The highest BCUT2D eigenvalue weighted by atomic mass is 32.2. The fraction of sp³-hybridized carbons (Fsp3) is 0.355. The van der Waals surface area contributed by atoms with Crippen LogP contribution in [-0.4, -0.2) is 96.6 Å². The van der Waals surface area contributed by atoms with Gasteiger partial charge in [-0.3, -0.25) is 0 Å². The lowest BCUT2D eigenvalue weighted by atomic mass is 9.69. The molecule has 1 spiro atoms. The molecule has 0 amide bonds. The maximum absolute atomic E-state index is 14.7. The number of hydrogen-bond donors (Lipinski definition) is 0. The Hall–Kier alpha value is -4.85. The minimum Gasteiger partial charge on any atom is -0.490 e. The van der Waals surface area contributed by atoms with Gasteiger partial charge in [-0.25, -0.2) is 32.1 Å². The topological polar surface area (TPSA) is 144 Å². The highest BCUT2D eigenvalue weighted by molar-refractivity contribution is 7.89. The van der Waals surface area contributed by atoms with Crippen LogP contribution in [0.4, 0.5) is 11.4 Å². The summed E-state index contributed by atoms with van der Waals surface area (Å²) in [5.41, 5.74) is 0.0132. The van der Waals surface area contributed by atoms with Crippen LogP contribution in [0.25, 0.3) is 0 Å². The number of amidine groups is 1. The Bertz CT molecular complexity index is 1800. The van der Waals surface area contributed by atoms with E-state index in [4.69, 9.17) is 18.9 Å². The fourth-order valence-electron chi connectivity index (χ4n) is 6.91. The lowest BCUT2D eigenvalue weighted by Crippen LogP contribution is -2.55. The molecular formula is C31H32N4O9S. The molecule has 14 heteroatoms. The van der Waals surface area contributed by atoms with Crippen molar-refractivity contribution in [3.63, 3.8) is 0 Å².